The third-order valence-corrected chi connectivity index (χ3v) is 6.04. The number of furan rings is 1. The average molecular weight is 368 g/mol. The number of hydrogen-bond acceptors (Lipinski definition) is 5. The van der Waals surface area contributed by atoms with E-state index in [-0.39, 0.29) is 17.9 Å². The lowest BCUT2D eigenvalue weighted by Crippen LogP contribution is -2.47. The van der Waals surface area contributed by atoms with Crippen LogP contribution in [0.15, 0.2) is 22.7 Å². The molecule has 3 unspecified atom stereocenters. The zero-order chi connectivity index (χ0) is 18.4. The molecule has 5 heterocycles. The first kappa shape index (κ1) is 16.7. The first-order valence-corrected chi connectivity index (χ1v) is 9.88. The monoisotopic (exact) mass is 368 g/mol. The van der Waals surface area contributed by atoms with Gasteiger partial charge < -0.3 is 19.5 Å². The number of carbonyl (C=O) groups is 2. The van der Waals surface area contributed by atoms with E-state index >= 15 is 0 Å². The molecule has 0 aliphatic carbocycles. The number of likely N-dealkylation sites (tertiary alicyclic amines) is 1. The summed E-state index contributed by atoms with van der Waals surface area (Å²) < 4.78 is 5.67. The van der Waals surface area contributed by atoms with E-state index in [4.69, 9.17) is 4.42 Å². The summed E-state index contributed by atoms with van der Waals surface area (Å²) in [6, 6.07) is 3.63. The summed E-state index contributed by atoms with van der Waals surface area (Å²) >= 11 is 0. The fraction of sp³-hybridized carbons (Fsp3) is 0.550. The van der Waals surface area contributed by atoms with Crippen molar-refractivity contribution in [2.45, 2.75) is 31.7 Å². The third-order valence-electron chi connectivity index (χ3n) is 6.04. The normalized spacial score (nSPS) is 27.3. The maximum atomic E-state index is 12.6. The summed E-state index contributed by atoms with van der Waals surface area (Å²) in [5.41, 5.74) is 0.910. The van der Waals surface area contributed by atoms with Gasteiger partial charge in [-0.2, -0.15) is 0 Å². The molecule has 0 radical (unpaired) electrons. The van der Waals surface area contributed by atoms with Gasteiger partial charge >= 0.3 is 0 Å². The molecule has 0 saturated carbocycles. The van der Waals surface area contributed by atoms with Crippen LogP contribution in [0.3, 0.4) is 0 Å². The molecular weight excluding hydrogens is 344 g/mol. The summed E-state index contributed by atoms with van der Waals surface area (Å²) in [4.78, 5) is 33.6. The second kappa shape index (κ2) is 6.64. The van der Waals surface area contributed by atoms with E-state index in [0.29, 0.717) is 23.0 Å². The van der Waals surface area contributed by atoms with Crippen LogP contribution in [0, 0.1) is 5.92 Å². The molecular formula is C20H24N4O3. The number of aromatic nitrogens is 1. The summed E-state index contributed by atoms with van der Waals surface area (Å²) in [7, 11) is 0. The molecule has 3 aliphatic rings. The Hall–Kier alpha value is -2.41. The molecule has 142 valence electrons. The number of nitrogens with one attached hydrogen (secondary N) is 1. The minimum absolute atomic E-state index is 0.0820. The van der Waals surface area contributed by atoms with Crippen LogP contribution in [0.5, 0.6) is 0 Å². The first-order valence-electron chi connectivity index (χ1n) is 9.88. The van der Waals surface area contributed by atoms with Crippen LogP contribution in [0.4, 0.5) is 0 Å². The Morgan fingerprint density at radius 3 is 2.81 bits per heavy atom. The van der Waals surface area contributed by atoms with Gasteiger partial charge in [0.2, 0.25) is 0 Å². The zero-order valence-electron chi connectivity index (χ0n) is 15.3. The van der Waals surface area contributed by atoms with E-state index in [1.807, 2.05) is 4.90 Å². The second-order valence-electron chi connectivity index (χ2n) is 8.04. The van der Waals surface area contributed by atoms with E-state index in [9.17, 15) is 9.59 Å². The molecule has 1 N–H and O–H groups in total. The molecule has 2 bridgehead atoms. The van der Waals surface area contributed by atoms with Crippen molar-refractivity contribution in [2.75, 3.05) is 32.7 Å². The van der Waals surface area contributed by atoms with Gasteiger partial charge in [-0.3, -0.25) is 9.59 Å². The Balaban J connectivity index is 1.31. The van der Waals surface area contributed by atoms with Crippen molar-refractivity contribution in [3.05, 3.63) is 29.8 Å². The van der Waals surface area contributed by atoms with Crippen LogP contribution in [-0.4, -0.2) is 65.4 Å². The number of carbonyl (C=O) groups excluding carboxylic acids is 2. The molecule has 3 fully saturated rings. The predicted octanol–water partition coefficient (Wildman–Crippen LogP) is 1.89. The molecule has 2 amide bonds. The van der Waals surface area contributed by atoms with Gasteiger partial charge in [-0.25, -0.2) is 4.98 Å². The van der Waals surface area contributed by atoms with Gasteiger partial charge in [0, 0.05) is 37.6 Å². The van der Waals surface area contributed by atoms with E-state index in [1.165, 1.54) is 13.0 Å². The van der Waals surface area contributed by atoms with Gasteiger partial charge in [0.1, 0.15) is 5.69 Å². The highest BCUT2D eigenvalue weighted by atomic mass is 16.3. The fourth-order valence-corrected chi connectivity index (χ4v) is 4.67. The Bertz CT molecular complexity index is 874. The number of piperidine rings is 1. The molecule has 3 saturated heterocycles. The highest BCUT2D eigenvalue weighted by Crippen LogP contribution is 2.27. The topological polar surface area (TPSA) is 78.7 Å². The summed E-state index contributed by atoms with van der Waals surface area (Å²) in [6.45, 7) is 4.79. The van der Waals surface area contributed by atoms with Crippen molar-refractivity contribution in [1.82, 2.24) is 20.1 Å². The summed E-state index contributed by atoms with van der Waals surface area (Å²) in [6.07, 6.45) is 5.90. The van der Waals surface area contributed by atoms with E-state index in [0.717, 1.165) is 50.8 Å². The van der Waals surface area contributed by atoms with Crippen LogP contribution in [0.1, 0.15) is 46.7 Å². The molecule has 0 spiro atoms. The highest BCUT2D eigenvalue weighted by molar-refractivity contribution is 5.99. The Morgan fingerprint density at radius 1 is 1.15 bits per heavy atom. The Labute approximate surface area is 157 Å². The van der Waals surface area contributed by atoms with Gasteiger partial charge in [-0.05, 0) is 50.3 Å². The Morgan fingerprint density at radius 2 is 2.00 bits per heavy atom. The van der Waals surface area contributed by atoms with Crippen molar-refractivity contribution in [1.29, 1.82) is 0 Å². The fourth-order valence-electron chi connectivity index (χ4n) is 4.67. The van der Waals surface area contributed by atoms with Crippen LogP contribution in [0.25, 0.3) is 11.0 Å². The largest absolute Gasteiger partial charge is 0.449 e. The van der Waals surface area contributed by atoms with E-state index in [2.05, 4.69) is 15.2 Å². The summed E-state index contributed by atoms with van der Waals surface area (Å²) in [5, 5.41) is 3.87. The van der Waals surface area contributed by atoms with E-state index < -0.39 is 0 Å². The number of pyridine rings is 1. The number of amides is 2. The molecule has 2 aromatic rings. The maximum Gasteiger partial charge on any atom is 0.289 e. The summed E-state index contributed by atoms with van der Waals surface area (Å²) in [5.74, 6) is 0.787. The quantitative estimate of drug-likeness (QED) is 0.895. The SMILES string of the molecule is O=C(NC1CC2CCN(C2)C1)c1cc2cc(C(=O)N3CCCC3)oc2cn1. The molecule has 2 aromatic heterocycles. The molecule has 0 aromatic carbocycles. The second-order valence-corrected chi connectivity index (χ2v) is 8.04. The zero-order valence-corrected chi connectivity index (χ0v) is 15.3. The third kappa shape index (κ3) is 3.20. The number of hydrogen-bond donors (Lipinski definition) is 1. The molecule has 27 heavy (non-hydrogen) atoms. The minimum atomic E-state index is -0.155. The highest BCUT2D eigenvalue weighted by Gasteiger charge is 2.33. The van der Waals surface area contributed by atoms with Gasteiger partial charge in [-0.1, -0.05) is 0 Å². The average Bonchev–Trinajstić information content (AvgIpc) is 3.40. The van der Waals surface area contributed by atoms with Crippen molar-refractivity contribution in [3.8, 4) is 0 Å². The molecule has 7 nitrogen and oxygen atoms in total. The maximum absolute atomic E-state index is 12.6. The standard InChI is InChI=1S/C20H24N4O3/c25-19(22-15-7-13-3-6-23(11-13)12-15)16-8-14-9-17(27-18(14)10-21-16)20(26)24-4-1-2-5-24/h8-10,13,15H,1-7,11-12H2,(H,22,25). The van der Waals surface area contributed by atoms with Crippen molar-refractivity contribution >= 4 is 22.8 Å². The van der Waals surface area contributed by atoms with Crippen molar-refractivity contribution < 1.29 is 14.0 Å². The van der Waals surface area contributed by atoms with Crippen LogP contribution < -0.4 is 5.32 Å². The smallest absolute Gasteiger partial charge is 0.289 e. The molecule has 7 heteroatoms. The lowest BCUT2D eigenvalue weighted by atomic mass is 9.97. The van der Waals surface area contributed by atoms with Crippen LogP contribution in [-0.2, 0) is 0 Å². The van der Waals surface area contributed by atoms with Gasteiger partial charge in [-0.15, -0.1) is 0 Å². The van der Waals surface area contributed by atoms with Crippen LogP contribution >= 0.6 is 0 Å². The number of fused-ring (bicyclic) bond motifs is 3. The minimum Gasteiger partial charge on any atom is -0.449 e. The lowest BCUT2D eigenvalue weighted by molar-refractivity contribution is 0.0763. The molecule has 3 atom stereocenters. The number of rotatable bonds is 3. The predicted molar refractivity (Wildman–Crippen MR) is 99.6 cm³/mol. The first-order chi connectivity index (χ1) is 13.2. The van der Waals surface area contributed by atoms with Crippen LogP contribution in [0.2, 0.25) is 0 Å². The lowest BCUT2D eigenvalue weighted by Gasteiger charge is -2.30. The number of nitrogens with zero attached hydrogens (tertiary/aromatic N) is 3. The van der Waals surface area contributed by atoms with Gasteiger partial charge in [0.05, 0.1) is 6.20 Å². The molecule has 3 aliphatic heterocycles. The molecule has 5 rings (SSSR count). The van der Waals surface area contributed by atoms with E-state index in [1.54, 1.807) is 18.3 Å². The van der Waals surface area contributed by atoms with Crippen molar-refractivity contribution in [2.24, 2.45) is 5.92 Å². The van der Waals surface area contributed by atoms with Gasteiger partial charge in [0.15, 0.2) is 11.3 Å². The Kier molecular flexibility index (Phi) is 4.11. The van der Waals surface area contributed by atoms with Crippen molar-refractivity contribution in [3.63, 3.8) is 0 Å². The van der Waals surface area contributed by atoms with Gasteiger partial charge in [0.25, 0.3) is 11.8 Å².